The summed E-state index contributed by atoms with van der Waals surface area (Å²) in [7, 11) is 0. The second kappa shape index (κ2) is 8.17. The first-order valence-corrected chi connectivity index (χ1v) is 7.73. The van der Waals surface area contributed by atoms with E-state index in [0.717, 1.165) is 12.1 Å². The highest BCUT2D eigenvalue weighted by molar-refractivity contribution is 5.90. The third-order valence-corrected chi connectivity index (χ3v) is 3.52. The fourth-order valence-electron chi connectivity index (χ4n) is 2.28. The monoisotopic (exact) mass is 298 g/mol. The van der Waals surface area contributed by atoms with Crippen molar-refractivity contribution in [1.29, 1.82) is 0 Å². The van der Waals surface area contributed by atoms with E-state index in [4.69, 9.17) is 0 Å². The fraction of sp³-hybridized carbons (Fsp3) is 0.333. The van der Waals surface area contributed by atoms with E-state index in [0.29, 0.717) is 0 Å². The summed E-state index contributed by atoms with van der Waals surface area (Å²) in [6, 6.07) is 12.7. The van der Waals surface area contributed by atoms with E-state index >= 15 is 0 Å². The Balaban J connectivity index is 1.89. The number of unbranched alkanes of at least 4 members (excludes halogenated alkanes) is 2. The Morgan fingerprint density at radius 2 is 1.86 bits per heavy atom. The van der Waals surface area contributed by atoms with Crippen molar-refractivity contribution in [3.8, 4) is 0 Å². The predicted octanol–water partition coefficient (Wildman–Crippen LogP) is 3.22. The fourth-order valence-corrected chi connectivity index (χ4v) is 2.28. The first-order chi connectivity index (χ1) is 10.7. The molecule has 0 unspecified atom stereocenters. The van der Waals surface area contributed by atoms with E-state index in [-0.39, 0.29) is 18.0 Å². The highest BCUT2D eigenvalue weighted by atomic mass is 16.2. The average Bonchev–Trinajstić information content (AvgIpc) is 2.51. The molecule has 1 amide bonds. The molecule has 2 aromatic rings. The average molecular weight is 298 g/mol. The molecule has 0 aliphatic rings. The lowest BCUT2D eigenvalue weighted by Crippen LogP contribution is -2.26. The topological polar surface area (TPSA) is 51.1 Å². The van der Waals surface area contributed by atoms with E-state index in [1.54, 1.807) is 18.3 Å². The molecule has 22 heavy (non-hydrogen) atoms. The minimum absolute atomic E-state index is 0.0257. The van der Waals surface area contributed by atoms with Crippen molar-refractivity contribution in [3.05, 3.63) is 64.6 Å². The molecule has 0 aliphatic carbocycles. The van der Waals surface area contributed by atoms with E-state index in [2.05, 4.69) is 12.2 Å². The van der Waals surface area contributed by atoms with Gasteiger partial charge in [0.2, 0.25) is 5.91 Å². The Bertz CT molecular complexity index is 659. The molecule has 0 saturated carbocycles. The second-order valence-electron chi connectivity index (χ2n) is 5.37. The first-order valence-electron chi connectivity index (χ1n) is 7.73. The van der Waals surface area contributed by atoms with Crippen molar-refractivity contribution < 1.29 is 4.79 Å². The molecule has 116 valence electrons. The second-order valence-corrected chi connectivity index (χ2v) is 5.37. The third-order valence-electron chi connectivity index (χ3n) is 3.52. The maximum absolute atomic E-state index is 12.0. The molecule has 0 bridgehead atoms. The van der Waals surface area contributed by atoms with Gasteiger partial charge in [0.05, 0.1) is 0 Å². The molecule has 1 N–H and O–H groups in total. The van der Waals surface area contributed by atoms with Crippen LogP contribution in [0.1, 0.15) is 31.7 Å². The van der Waals surface area contributed by atoms with Crippen molar-refractivity contribution in [2.75, 3.05) is 5.32 Å². The largest absolute Gasteiger partial charge is 0.325 e. The van der Waals surface area contributed by atoms with Gasteiger partial charge in [0, 0.05) is 18.0 Å². The number of aryl methyl sites for hydroxylation is 1. The number of hydrogen-bond donors (Lipinski definition) is 1. The van der Waals surface area contributed by atoms with E-state index in [1.165, 1.54) is 35.5 Å². The molecule has 0 atom stereocenters. The number of benzene rings is 1. The van der Waals surface area contributed by atoms with Gasteiger partial charge in [-0.25, -0.2) is 0 Å². The van der Waals surface area contributed by atoms with Gasteiger partial charge < -0.3 is 9.88 Å². The van der Waals surface area contributed by atoms with Crippen LogP contribution in [-0.4, -0.2) is 10.5 Å². The molecule has 0 saturated heterocycles. The van der Waals surface area contributed by atoms with E-state index in [1.807, 2.05) is 24.3 Å². The highest BCUT2D eigenvalue weighted by Gasteiger charge is 2.04. The summed E-state index contributed by atoms with van der Waals surface area (Å²) in [5, 5.41) is 2.81. The standard InChI is InChI=1S/C18H22N2O2/c1-2-3-4-7-15-9-11-16(12-10-15)19-17(21)14-20-13-6-5-8-18(20)22/h5-6,8-13H,2-4,7,14H2,1H3,(H,19,21). The lowest BCUT2D eigenvalue weighted by Gasteiger charge is -2.08. The zero-order valence-corrected chi connectivity index (χ0v) is 12.9. The molecular formula is C18H22N2O2. The highest BCUT2D eigenvalue weighted by Crippen LogP contribution is 2.12. The zero-order chi connectivity index (χ0) is 15.8. The van der Waals surface area contributed by atoms with E-state index < -0.39 is 0 Å². The summed E-state index contributed by atoms with van der Waals surface area (Å²) in [6.45, 7) is 2.22. The maximum atomic E-state index is 12.0. The molecule has 0 aliphatic heterocycles. The van der Waals surface area contributed by atoms with Crippen molar-refractivity contribution >= 4 is 11.6 Å². The quantitative estimate of drug-likeness (QED) is 0.798. The number of anilines is 1. The number of carbonyl (C=O) groups excluding carboxylic acids is 1. The molecular weight excluding hydrogens is 276 g/mol. The minimum Gasteiger partial charge on any atom is -0.325 e. The summed E-state index contributed by atoms with van der Waals surface area (Å²) in [5.74, 6) is -0.202. The molecule has 4 heteroatoms. The smallest absolute Gasteiger partial charge is 0.250 e. The van der Waals surface area contributed by atoms with Gasteiger partial charge in [0.1, 0.15) is 6.54 Å². The molecule has 0 radical (unpaired) electrons. The van der Waals surface area contributed by atoms with Gasteiger partial charge in [0.25, 0.3) is 5.56 Å². The molecule has 1 heterocycles. The van der Waals surface area contributed by atoms with Crippen LogP contribution in [0.2, 0.25) is 0 Å². The number of nitrogens with one attached hydrogen (secondary N) is 1. The number of hydrogen-bond acceptors (Lipinski definition) is 2. The van der Waals surface area contributed by atoms with Crippen LogP contribution in [0.4, 0.5) is 5.69 Å². The van der Waals surface area contributed by atoms with Gasteiger partial charge in [0.15, 0.2) is 0 Å². The van der Waals surface area contributed by atoms with Crippen molar-refractivity contribution in [3.63, 3.8) is 0 Å². The molecule has 4 nitrogen and oxygen atoms in total. The SMILES string of the molecule is CCCCCc1ccc(NC(=O)Cn2ccccc2=O)cc1. The molecule has 1 aromatic carbocycles. The van der Waals surface area contributed by atoms with Crippen LogP contribution in [0.15, 0.2) is 53.5 Å². The number of pyridine rings is 1. The van der Waals surface area contributed by atoms with Gasteiger partial charge in [-0.3, -0.25) is 9.59 Å². The van der Waals surface area contributed by atoms with Gasteiger partial charge in [-0.15, -0.1) is 0 Å². The summed E-state index contributed by atoms with van der Waals surface area (Å²) in [6.07, 6.45) is 6.33. The van der Waals surface area contributed by atoms with Crippen LogP contribution in [-0.2, 0) is 17.8 Å². The summed E-state index contributed by atoms with van der Waals surface area (Å²) < 4.78 is 1.38. The van der Waals surface area contributed by atoms with E-state index in [9.17, 15) is 9.59 Å². The van der Waals surface area contributed by atoms with Crippen LogP contribution in [0.25, 0.3) is 0 Å². The number of amides is 1. The lowest BCUT2D eigenvalue weighted by molar-refractivity contribution is -0.116. The Kier molecular flexibility index (Phi) is 5.95. The van der Waals surface area contributed by atoms with Crippen molar-refractivity contribution in [2.24, 2.45) is 0 Å². The number of aromatic nitrogens is 1. The van der Waals surface area contributed by atoms with Crippen LogP contribution in [0.5, 0.6) is 0 Å². The molecule has 0 fully saturated rings. The van der Waals surface area contributed by atoms with Crippen molar-refractivity contribution in [2.45, 2.75) is 39.2 Å². The van der Waals surface area contributed by atoms with Gasteiger partial charge in [-0.05, 0) is 36.6 Å². The van der Waals surface area contributed by atoms with Gasteiger partial charge >= 0.3 is 0 Å². The first kappa shape index (κ1) is 16.0. The summed E-state index contributed by atoms with van der Waals surface area (Å²) in [4.78, 5) is 23.5. The summed E-state index contributed by atoms with van der Waals surface area (Å²) in [5.41, 5.74) is 1.86. The van der Waals surface area contributed by atoms with Crippen LogP contribution in [0.3, 0.4) is 0 Å². The minimum atomic E-state index is -0.202. The van der Waals surface area contributed by atoms with Crippen LogP contribution in [0, 0.1) is 0 Å². The van der Waals surface area contributed by atoms with Gasteiger partial charge in [-0.2, -0.15) is 0 Å². The normalized spacial score (nSPS) is 10.4. The maximum Gasteiger partial charge on any atom is 0.250 e. The molecule has 1 aromatic heterocycles. The molecule has 0 spiro atoms. The zero-order valence-electron chi connectivity index (χ0n) is 12.9. The third kappa shape index (κ3) is 4.88. The van der Waals surface area contributed by atoms with Gasteiger partial charge in [-0.1, -0.05) is 38.0 Å². The number of rotatable bonds is 7. The Morgan fingerprint density at radius 1 is 1.09 bits per heavy atom. The Labute approximate surface area is 130 Å². The Hall–Kier alpha value is -2.36. The summed E-state index contributed by atoms with van der Waals surface area (Å²) >= 11 is 0. The van der Waals surface area contributed by atoms with Crippen molar-refractivity contribution in [1.82, 2.24) is 4.57 Å². The number of carbonyl (C=O) groups is 1. The molecule has 2 rings (SSSR count). The van der Waals surface area contributed by atoms with Crippen LogP contribution < -0.4 is 10.9 Å². The van der Waals surface area contributed by atoms with Crippen LogP contribution >= 0.6 is 0 Å². The lowest BCUT2D eigenvalue weighted by atomic mass is 10.1. The Morgan fingerprint density at radius 3 is 2.55 bits per heavy atom. The number of nitrogens with zero attached hydrogens (tertiary/aromatic N) is 1. The predicted molar refractivity (Wildman–Crippen MR) is 89.0 cm³/mol.